The first-order valence-corrected chi connectivity index (χ1v) is 4.61. The molecule has 0 fully saturated rings. The van der Waals surface area contributed by atoms with Crippen molar-refractivity contribution in [3.05, 3.63) is 0 Å². The van der Waals surface area contributed by atoms with Crippen LogP contribution in [-0.4, -0.2) is 22.3 Å². The van der Waals surface area contributed by atoms with Crippen molar-refractivity contribution in [2.75, 3.05) is 18.4 Å². The summed E-state index contributed by atoms with van der Waals surface area (Å²) in [7, 11) is 0. The van der Waals surface area contributed by atoms with Gasteiger partial charge in [0, 0.05) is 34.6 Å². The molecule has 0 amide bonds. The fraction of sp³-hybridized carbons (Fsp3) is 1.00. The Morgan fingerprint density at radius 1 is 1.38 bits per heavy atom. The van der Waals surface area contributed by atoms with Gasteiger partial charge in [-0.25, -0.2) is 3.93 Å². The van der Waals surface area contributed by atoms with Crippen LogP contribution in [0.3, 0.4) is 0 Å². The molecule has 1 nitrogen and oxygen atoms in total. The third-order valence-corrected chi connectivity index (χ3v) is 1.86. The molecule has 0 unspecified atom stereocenters. The second kappa shape index (κ2) is 6.05. The number of hydrogen-bond acceptors (Lipinski definition) is 1. The predicted molar refractivity (Wildman–Crippen MR) is 44.6 cm³/mol. The van der Waals surface area contributed by atoms with Crippen molar-refractivity contribution in [3.63, 3.8) is 0 Å². The molecule has 0 aliphatic heterocycles. The smallest absolute Gasteiger partial charge is 0.0190 e. The molecule has 50 valence electrons. The highest BCUT2D eigenvalue weighted by Crippen LogP contribution is 1.98. The Hall–Kier alpha value is 0.920. The van der Waals surface area contributed by atoms with Crippen molar-refractivity contribution in [2.24, 2.45) is 0 Å². The van der Waals surface area contributed by atoms with E-state index in [1.54, 1.807) is 0 Å². The van der Waals surface area contributed by atoms with Gasteiger partial charge >= 0.3 is 0 Å². The first kappa shape index (κ1) is 8.92. The van der Waals surface area contributed by atoms with Crippen LogP contribution in [0.4, 0.5) is 0 Å². The second-order valence-electron chi connectivity index (χ2n) is 1.60. The zero-order valence-electron chi connectivity index (χ0n) is 5.03. The Bertz CT molecular complexity index is 43.7. The number of nitrogens with zero attached hydrogens (tertiary/aromatic N) is 1. The van der Waals surface area contributed by atoms with E-state index in [1.165, 1.54) is 6.42 Å². The summed E-state index contributed by atoms with van der Waals surface area (Å²) in [5.74, 6) is 0. The van der Waals surface area contributed by atoms with Crippen LogP contribution in [0.1, 0.15) is 13.3 Å². The molecule has 0 saturated heterocycles. The monoisotopic (exact) mass is 243 g/mol. The first-order valence-electron chi connectivity index (χ1n) is 2.78. The van der Waals surface area contributed by atoms with Gasteiger partial charge in [-0.15, -0.1) is 0 Å². The Kier molecular flexibility index (Phi) is 6.74. The zero-order chi connectivity index (χ0) is 6.41. The molecular formula is C5H11Br2N. The van der Waals surface area contributed by atoms with Crippen molar-refractivity contribution in [2.45, 2.75) is 13.3 Å². The summed E-state index contributed by atoms with van der Waals surface area (Å²) in [5.41, 5.74) is 0. The van der Waals surface area contributed by atoms with Gasteiger partial charge in [0.05, 0.1) is 0 Å². The van der Waals surface area contributed by atoms with E-state index in [4.69, 9.17) is 0 Å². The van der Waals surface area contributed by atoms with Crippen LogP contribution in [0.5, 0.6) is 0 Å². The minimum atomic E-state index is 1.04. The van der Waals surface area contributed by atoms with Gasteiger partial charge in [-0.1, -0.05) is 22.9 Å². The molecule has 0 aliphatic carbocycles. The molecule has 0 aromatic rings. The Balaban J connectivity index is 2.92. The van der Waals surface area contributed by atoms with E-state index in [0.717, 1.165) is 18.4 Å². The number of hydrogen-bond donors (Lipinski definition) is 0. The standard InChI is InChI=1S/C5H11Br2N/c1-2-4-8(7)5-3-6/h2-5H2,1H3. The van der Waals surface area contributed by atoms with Crippen LogP contribution in [0, 0.1) is 0 Å². The van der Waals surface area contributed by atoms with Crippen molar-refractivity contribution in [1.82, 2.24) is 3.93 Å². The van der Waals surface area contributed by atoms with Gasteiger partial charge in [0.1, 0.15) is 0 Å². The molecular weight excluding hydrogens is 234 g/mol. The molecule has 0 bridgehead atoms. The van der Waals surface area contributed by atoms with E-state index in [9.17, 15) is 0 Å². The van der Waals surface area contributed by atoms with Gasteiger partial charge in [0.25, 0.3) is 0 Å². The van der Waals surface area contributed by atoms with Gasteiger partial charge in [0.2, 0.25) is 0 Å². The largest absolute Gasteiger partial charge is 0.242 e. The van der Waals surface area contributed by atoms with Crippen molar-refractivity contribution in [1.29, 1.82) is 0 Å². The molecule has 8 heavy (non-hydrogen) atoms. The molecule has 0 spiro atoms. The summed E-state index contributed by atoms with van der Waals surface area (Å²) in [5, 5.41) is 1.04. The average Bonchev–Trinajstić information content (AvgIpc) is 1.68. The fourth-order valence-corrected chi connectivity index (χ4v) is 1.88. The summed E-state index contributed by atoms with van der Waals surface area (Å²) in [6, 6.07) is 0. The fourth-order valence-electron chi connectivity index (χ4n) is 0.446. The molecule has 0 saturated carbocycles. The van der Waals surface area contributed by atoms with Crippen LogP contribution in [0.15, 0.2) is 0 Å². The zero-order valence-corrected chi connectivity index (χ0v) is 8.20. The number of rotatable bonds is 4. The molecule has 0 radical (unpaired) electrons. The molecule has 3 heteroatoms. The number of alkyl halides is 1. The highest BCUT2D eigenvalue weighted by molar-refractivity contribution is 9.09. The van der Waals surface area contributed by atoms with E-state index < -0.39 is 0 Å². The molecule has 0 N–H and O–H groups in total. The maximum absolute atomic E-state index is 3.40. The summed E-state index contributed by atoms with van der Waals surface area (Å²) >= 11 is 6.75. The van der Waals surface area contributed by atoms with Crippen molar-refractivity contribution < 1.29 is 0 Å². The van der Waals surface area contributed by atoms with Gasteiger partial charge in [-0.3, -0.25) is 0 Å². The normalized spacial score (nSPS) is 10.5. The molecule has 0 heterocycles. The first-order chi connectivity index (χ1) is 3.81. The van der Waals surface area contributed by atoms with Gasteiger partial charge in [0.15, 0.2) is 0 Å². The second-order valence-corrected chi connectivity index (χ2v) is 3.39. The van der Waals surface area contributed by atoms with Crippen LogP contribution in [0.25, 0.3) is 0 Å². The third-order valence-electron chi connectivity index (χ3n) is 0.793. The average molecular weight is 245 g/mol. The molecule has 0 rings (SSSR count). The van der Waals surface area contributed by atoms with Gasteiger partial charge < -0.3 is 0 Å². The maximum Gasteiger partial charge on any atom is 0.0190 e. The van der Waals surface area contributed by atoms with Crippen LogP contribution in [0.2, 0.25) is 0 Å². The third kappa shape index (κ3) is 5.06. The summed E-state index contributed by atoms with van der Waals surface area (Å²) in [4.78, 5) is 0. The number of halogens is 2. The molecule has 0 atom stereocenters. The Morgan fingerprint density at radius 3 is 2.38 bits per heavy atom. The lowest BCUT2D eigenvalue weighted by molar-refractivity contribution is 0.516. The summed E-state index contributed by atoms with van der Waals surface area (Å²) < 4.78 is 2.13. The lowest BCUT2D eigenvalue weighted by atomic mass is 10.5. The SMILES string of the molecule is CCCN(Br)CCBr. The van der Waals surface area contributed by atoms with Crippen LogP contribution < -0.4 is 0 Å². The highest BCUT2D eigenvalue weighted by atomic mass is 79.9. The van der Waals surface area contributed by atoms with E-state index in [2.05, 4.69) is 42.9 Å². The molecule has 0 aromatic heterocycles. The highest BCUT2D eigenvalue weighted by Gasteiger charge is 1.93. The summed E-state index contributed by atoms with van der Waals surface area (Å²) in [6.07, 6.45) is 1.21. The van der Waals surface area contributed by atoms with Crippen molar-refractivity contribution in [3.8, 4) is 0 Å². The van der Waals surface area contributed by atoms with E-state index >= 15 is 0 Å². The Labute approximate surface area is 67.9 Å². The minimum absolute atomic E-state index is 1.04. The van der Waals surface area contributed by atoms with Crippen LogP contribution in [-0.2, 0) is 0 Å². The van der Waals surface area contributed by atoms with E-state index in [-0.39, 0.29) is 0 Å². The quantitative estimate of drug-likeness (QED) is 0.543. The van der Waals surface area contributed by atoms with Crippen molar-refractivity contribution >= 4 is 32.1 Å². The topological polar surface area (TPSA) is 3.24 Å². The predicted octanol–water partition coefficient (Wildman–Crippen LogP) is 2.40. The maximum atomic E-state index is 3.40. The van der Waals surface area contributed by atoms with Gasteiger partial charge in [-0.2, -0.15) is 0 Å². The molecule has 0 aromatic carbocycles. The molecule has 0 aliphatic rings. The Morgan fingerprint density at radius 2 is 2.00 bits per heavy atom. The lowest BCUT2D eigenvalue weighted by Crippen LogP contribution is -2.14. The minimum Gasteiger partial charge on any atom is -0.242 e. The van der Waals surface area contributed by atoms with E-state index in [1.807, 2.05) is 0 Å². The lowest BCUT2D eigenvalue weighted by Gasteiger charge is -2.08. The van der Waals surface area contributed by atoms with E-state index in [0.29, 0.717) is 0 Å². The van der Waals surface area contributed by atoms with Gasteiger partial charge in [-0.05, 0) is 6.42 Å². The van der Waals surface area contributed by atoms with Crippen LogP contribution >= 0.6 is 32.1 Å². The summed E-state index contributed by atoms with van der Waals surface area (Å²) in [6.45, 7) is 4.38.